The van der Waals surface area contributed by atoms with Crippen LogP contribution in [0.15, 0.2) is 18.2 Å². The standard InChI is InChI=1S/C33H38N2O13/c1-5-17(34-14(3)37)32(44)35-18-9-22(47-13(2)27(18)39)48-20-11-33(45,21(38)12-36)10-16-24(20)31(43)26-25(29(16)41)28(40)15-7-6-8-19(46-4)23(15)30(26)42/h6-8,13,17-18,20,22,27,36,39,41,43,45H,5,9-12H2,1-4H3,(H,34,37)(H,35,44)/t13?,17?,18-,20-,22-,27-,33-/m0/s1. The van der Waals surface area contributed by atoms with Crippen molar-refractivity contribution in [2.75, 3.05) is 13.7 Å². The monoisotopic (exact) mass is 670 g/mol. The number of aliphatic hydroxyl groups excluding tert-OH is 2. The van der Waals surface area contributed by atoms with Crippen LogP contribution in [0.2, 0.25) is 0 Å². The van der Waals surface area contributed by atoms with Crippen molar-refractivity contribution in [1.82, 2.24) is 10.6 Å². The molecule has 2 unspecified atom stereocenters. The Morgan fingerprint density at radius 3 is 2.42 bits per heavy atom. The molecular weight excluding hydrogens is 632 g/mol. The summed E-state index contributed by atoms with van der Waals surface area (Å²) >= 11 is 0. The van der Waals surface area contributed by atoms with Gasteiger partial charge in [0.2, 0.25) is 17.6 Å². The van der Waals surface area contributed by atoms with Gasteiger partial charge in [0.1, 0.15) is 41.6 Å². The van der Waals surface area contributed by atoms with Gasteiger partial charge in [0.15, 0.2) is 17.9 Å². The molecule has 0 radical (unpaired) electrons. The molecule has 2 aliphatic carbocycles. The number of methoxy groups -OCH3 is 1. The molecule has 15 heteroatoms. The quantitative estimate of drug-likeness (QED) is 0.149. The molecule has 0 saturated carbocycles. The second-order valence-electron chi connectivity index (χ2n) is 12.3. The molecular formula is C33H38N2O13. The number of carbonyl (C=O) groups is 5. The van der Waals surface area contributed by atoms with Crippen LogP contribution in [0, 0.1) is 0 Å². The second kappa shape index (κ2) is 13.2. The van der Waals surface area contributed by atoms with E-state index in [2.05, 4.69) is 10.6 Å². The highest BCUT2D eigenvalue weighted by Gasteiger charge is 2.50. The Morgan fingerprint density at radius 2 is 1.79 bits per heavy atom. The van der Waals surface area contributed by atoms with Gasteiger partial charge in [0.05, 0.1) is 42.0 Å². The van der Waals surface area contributed by atoms with E-state index in [1.165, 1.54) is 39.2 Å². The summed E-state index contributed by atoms with van der Waals surface area (Å²) in [6.07, 6.45) is -5.98. The summed E-state index contributed by atoms with van der Waals surface area (Å²) in [6, 6.07) is 2.46. The van der Waals surface area contributed by atoms with E-state index < -0.39 is 114 Å². The van der Waals surface area contributed by atoms with Crippen molar-refractivity contribution in [3.63, 3.8) is 0 Å². The summed E-state index contributed by atoms with van der Waals surface area (Å²) in [4.78, 5) is 64.9. The first-order valence-electron chi connectivity index (χ1n) is 15.5. The Bertz CT molecular complexity index is 1690. The lowest BCUT2D eigenvalue weighted by Gasteiger charge is -2.43. The topological polar surface area (TPSA) is 238 Å². The van der Waals surface area contributed by atoms with Gasteiger partial charge in [-0.3, -0.25) is 24.0 Å². The van der Waals surface area contributed by atoms with E-state index in [9.17, 15) is 49.5 Å². The minimum atomic E-state index is -2.34. The highest BCUT2D eigenvalue weighted by Crippen LogP contribution is 2.52. The molecule has 15 nitrogen and oxygen atoms in total. The van der Waals surface area contributed by atoms with Crippen molar-refractivity contribution in [3.05, 3.63) is 51.6 Å². The first-order valence-corrected chi connectivity index (χ1v) is 15.5. The van der Waals surface area contributed by atoms with Crippen LogP contribution in [-0.4, -0.2) is 105 Å². The number of hydrogen-bond acceptors (Lipinski definition) is 13. The molecule has 0 aromatic heterocycles. The van der Waals surface area contributed by atoms with Crippen LogP contribution in [-0.2, 0) is 30.3 Å². The zero-order valence-corrected chi connectivity index (χ0v) is 26.7. The van der Waals surface area contributed by atoms with Gasteiger partial charge in [-0.2, -0.15) is 0 Å². The number of aromatic hydroxyl groups is 2. The van der Waals surface area contributed by atoms with Crippen molar-refractivity contribution in [1.29, 1.82) is 0 Å². The van der Waals surface area contributed by atoms with Crippen LogP contribution in [0.25, 0.3) is 0 Å². The number of rotatable bonds is 9. The smallest absolute Gasteiger partial charge is 0.242 e. The maximum atomic E-state index is 13.8. The fourth-order valence-corrected chi connectivity index (χ4v) is 6.74. The predicted molar refractivity (Wildman–Crippen MR) is 164 cm³/mol. The van der Waals surface area contributed by atoms with Gasteiger partial charge in [-0.25, -0.2) is 0 Å². The van der Waals surface area contributed by atoms with E-state index in [1.54, 1.807) is 6.92 Å². The Hall–Kier alpha value is -4.41. The Labute approximate surface area is 274 Å². The van der Waals surface area contributed by atoms with Crippen molar-refractivity contribution in [2.24, 2.45) is 0 Å². The SMILES string of the molecule is CCC(NC(C)=O)C(=O)N[C@H]1C[C@H](O[C@H]2C[C@](O)(C(=O)CO)Cc3c(O)c4c(c(O)c32)C(=O)c2c(OC)cccc2C4=O)OC(C)[C@@H]1O. The van der Waals surface area contributed by atoms with Gasteiger partial charge < -0.3 is 50.4 Å². The largest absolute Gasteiger partial charge is 0.507 e. The second-order valence-corrected chi connectivity index (χ2v) is 12.3. The minimum absolute atomic E-state index is 0.0592. The first-order chi connectivity index (χ1) is 22.7. The van der Waals surface area contributed by atoms with E-state index in [1.807, 2.05) is 0 Å². The number of carbonyl (C=O) groups excluding carboxylic acids is 5. The third kappa shape index (κ3) is 5.92. The summed E-state index contributed by atoms with van der Waals surface area (Å²) in [5.41, 5.74) is -4.07. The molecule has 0 bridgehead atoms. The average molecular weight is 671 g/mol. The number of benzene rings is 2. The van der Waals surface area contributed by atoms with Gasteiger partial charge in [0.25, 0.3) is 0 Å². The number of amides is 2. The van der Waals surface area contributed by atoms with Crippen LogP contribution in [0.3, 0.4) is 0 Å². The number of Topliss-reactive ketones (excluding diaryl/α,β-unsaturated/α-hetero) is 1. The molecule has 3 aliphatic rings. The Morgan fingerprint density at radius 1 is 1.10 bits per heavy atom. The number of hydrogen-bond donors (Lipinski definition) is 7. The Kier molecular flexibility index (Phi) is 9.63. The van der Waals surface area contributed by atoms with Gasteiger partial charge in [-0.05, 0) is 19.4 Å². The molecule has 1 saturated heterocycles. The number of aliphatic hydroxyl groups is 3. The molecule has 48 heavy (non-hydrogen) atoms. The molecule has 1 aliphatic heterocycles. The lowest BCUT2D eigenvalue weighted by Crippen LogP contribution is -2.58. The number of phenolic OH excluding ortho intramolecular Hbond substituents is 2. The molecule has 5 rings (SSSR count). The van der Waals surface area contributed by atoms with Gasteiger partial charge in [0, 0.05) is 42.9 Å². The van der Waals surface area contributed by atoms with Crippen molar-refractivity contribution >= 4 is 29.2 Å². The van der Waals surface area contributed by atoms with Crippen LogP contribution in [0.4, 0.5) is 0 Å². The number of ether oxygens (including phenoxy) is 3. The van der Waals surface area contributed by atoms with Gasteiger partial charge in [-0.1, -0.05) is 19.1 Å². The highest BCUT2D eigenvalue weighted by atomic mass is 16.7. The lowest BCUT2D eigenvalue weighted by atomic mass is 9.72. The summed E-state index contributed by atoms with van der Waals surface area (Å²) in [5, 5.41) is 60.4. The van der Waals surface area contributed by atoms with E-state index in [0.29, 0.717) is 0 Å². The summed E-state index contributed by atoms with van der Waals surface area (Å²) in [7, 11) is 1.30. The molecule has 1 fully saturated rings. The van der Waals surface area contributed by atoms with Crippen LogP contribution < -0.4 is 15.4 Å². The van der Waals surface area contributed by atoms with Crippen molar-refractivity contribution in [2.45, 2.75) is 88.7 Å². The third-order valence-corrected chi connectivity index (χ3v) is 9.19. The lowest BCUT2D eigenvalue weighted by molar-refractivity contribution is -0.249. The van der Waals surface area contributed by atoms with Gasteiger partial charge >= 0.3 is 0 Å². The predicted octanol–water partition coefficient (Wildman–Crippen LogP) is 0.0735. The molecule has 2 amide bonds. The van der Waals surface area contributed by atoms with Gasteiger partial charge in [-0.15, -0.1) is 0 Å². The minimum Gasteiger partial charge on any atom is -0.507 e. The van der Waals surface area contributed by atoms with Crippen LogP contribution >= 0.6 is 0 Å². The molecule has 1 heterocycles. The summed E-state index contributed by atoms with van der Waals surface area (Å²) in [6.45, 7) is 3.39. The highest BCUT2D eigenvalue weighted by molar-refractivity contribution is 6.31. The fraction of sp³-hybridized carbons (Fsp3) is 0.485. The summed E-state index contributed by atoms with van der Waals surface area (Å²) in [5.74, 6) is -5.08. The van der Waals surface area contributed by atoms with Crippen LogP contribution in [0.1, 0.15) is 89.1 Å². The number of fused-ring (bicyclic) bond motifs is 3. The molecule has 0 spiro atoms. The summed E-state index contributed by atoms with van der Waals surface area (Å²) < 4.78 is 17.3. The third-order valence-electron chi connectivity index (χ3n) is 9.19. The molecule has 2 aromatic carbocycles. The molecule has 7 atom stereocenters. The Balaban J connectivity index is 1.56. The van der Waals surface area contributed by atoms with Crippen molar-refractivity contribution < 1.29 is 63.7 Å². The normalized spacial score (nSPS) is 26.9. The van der Waals surface area contributed by atoms with Crippen LogP contribution in [0.5, 0.6) is 17.2 Å². The first kappa shape index (κ1) is 34.9. The van der Waals surface area contributed by atoms with E-state index in [-0.39, 0.29) is 40.8 Å². The molecule has 258 valence electrons. The zero-order chi connectivity index (χ0) is 35.2. The fourth-order valence-electron chi connectivity index (χ4n) is 6.74. The number of nitrogens with one attached hydrogen (secondary N) is 2. The number of ketones is 3. The molecule has 2 aromatic rings. The van der Waals surface area contributed by atoms with E-state index in [0.717, 1.165) is 0 Å². The molecule has 7 N–H and O–H groups in total. The van der Waals surface area contributed by atoms with E-state index >= 15 is 0 Å². The average Bonchev–Trinajstić information content (AvgIpc) is 3.05. The number of phenols is 2. The zero-order valence-electron chi connectivity index (χ0n) is 26.7. The maximum Gasteiger partial charge on any atom is 0.242 e. The van der Waals surface area contributed by atoms with Crippen molar-refractivity contribution in [3.8, 4) is 17.2 Å². The maximum absolute atomic E-state index is 13.8. The van der Waals surface area contributed by atoms with E-state index in [4.69, 9.17) is 14.2 Å².